The molecular weight excluding hydrogens is 164 g/mol. The molecule has 2 heteroatoms. The van der Waals surface area contributed by atoms with Crippen LogP contribution in [0.1, 0.15) is 44.9 Å². The third-order valence-electron chi connectivity index (χ3n) is 3.44. The van der Waals surface area contributed by atoms with Crippen LogP contribution in [-0.4, -0.2) is 11.6 Å². The summed E-state index contributed by atoms with van der Waals surface area (Å²) in [6.07, 6.45) is 6.03. The molecule has 13 heavy (non-hydrogen) atoms. The summed E-state index contributed by atoms with van der Waals surface area (Å²) < 4.78 is 0. The van der Waals surface area contributed by atoms with Gasteiger partial charge in [-0.1, -0.05) is 6.42 Å². The van der Waals surface area contributed by atoms with Gasteiger partial charge in [0.2, 0.25) is 0 Å². The number of hydrogen-bond donors (Lipinski definition) is 0. The highest BCUT2D eigenvalue weighted by Gasteiger charge is 2.34. The molecule has 0 spiro atoms. The Morgan fingerprint density at radius 1 is 1.00 bits per heavy atom. The lowest BCUT2D eigenvalue weighted by Gasteiger charge is -2.20. The highest BCUT2D eigenvalue weighted by molar-refractivity contribution is 5.86. The average molecular weight is 180 g/mol. The molecule has 2 nitrogen and oxygen atoms in total. The molecule has 2 atom stereocenters. The average Bonchev–Trinajstić information content (AvgIpc) is 2.49. The summed E-state index contributed by atoms with van der Waals surface area (Å²) in [6.45, 7) is 0. The molecule has 0 aromatic heterocycles. The highest BCUT2D eigenvalue weighted by Crippen LogP contribution is 2.37. The van der Waals surface area contributed by atoms with Crippen molar-refractivity contribution >= 4 is 11.6 Å². The van der Waals surface area contributed by atoms with Crippen molar-refractivity contribution in [1.29, 1.82) is 0 Å². The SMILES string of the molecule is O=C1CCCC(=O)C2CCCC2C1. The molecule has 0 bridgehead atoms. The van der Waals surface area contributed by atoms with E-state index in [1.165, 1.54) is 0 Å². The number of hydrogen-bond acceptors (Lipinski definition) is 2. The molecule has 0 heterocycles. The molecular formula is C11H16O2. The molecule has 72 valence electrons. The van der Waals surface area contributed by atoms with E-state index in [9.17, 15) is 9.59 Å². The summed E-state index contributed by atoms with van der Waals surface area (Å²) in [5.41, 5.74) is 0. The lowest BCUT2D eigenvalue weighted by atomic mass is 9.83. The number of Topliss-reactive ketones (excluding diaryl/α,β-unsaturated/α-hetero) is 2. The summed E-state index contributed by atoms with van der Waals surface area (Å²) in [6, 6.07) is 0. The van der Waals surface area contributed by atoms with Gasteiger partial charge in [-0.3, -0.25) is 9.59 Å². The Kier molecular flexibility index (Phi) is 2.47. The van der Waals surface area contributed by atoms with E-state index in [-0.39, 0.29) is 5.92 Å². The summed E-state index contributed by atoms with van der Waals surface area (Å²) >= 11 is 0. The molecule has 2 saturated carbocycles. The quantitative estimate of drug-likeness (QED) is 0.572. The van der Waals surface area contributed by atoms with Crippen LogP contribution in [0.25, 0.3) is 0 Å². The van der Waals surface area contributed by atoms with E-state index < -0.39 is 0 Å². The van der Waals surface area contributed by atoms with Crippen molar-refractivity contribution in [3.05, 3.63) is 0 Å². The summed E-state index contributed by atoms with van der Waals surface area (Å²) in [7, 11) is 0. The maximum absolute atomic E-state index is 11.6. The summed E-state index contributed by atoms with van der Waals surface area (Å²) in [4.78, 5) is 23.0. The molecule has 2 aliphatic carbocycles. The van der Waals surface area contributed by atoms with Crippen LogP contribution in [0.2, 0.25) is 0 Å². The lowest BCUT2D eigenvalue weighted by Crippen LogP contribution is -2.23. The minimum absolute atomic E-state index is 0.240. The number of carbonyl (C=O) groups excluding carboxylic acids is 2. The van der Waals surface area contributed by atoms with Gasteiger partial charge >= 0.3 is 0 Å². The predicted molar refractivity (Wildman–Crippen MR) is 49.3 cm³/mol. The third-order valence-corrected chi connectivity index (χ3v) is 3.44. The normalized spacial score (nSPS) is 35.4. The van der Waals surface area contributed by atoms with Crippen LogP contribution in [-0.2, 0) is 9.59 Å². The Bertz CT molecular complexity index is 232. The molecule has 0 radical (unpaired) electrons. The Morgan fingerprint density at radius 3 is 2.69 bits per heavy atom. The first-order chi connectivity index (χ1) is 6.27. The van der Waals surface area contributed by atoms with Crippen LogP contribution in [0.3, 0.4) is 0 Å². The Hall–Kier alpha value is -0.660. The first-order valence-electron chi connectivity index (χ1n) is 5.32. The third kappa shape index (κ3) is 1.82. The molecule has 0 saturated heterocycles. The maximum atomic E-state index is 11.6. The highest BCUT2D eigenvalue weighted by atomic mass is 16.1. The van der Waals surface area contributed by atoms with E-state index in [1.54, 1.807) is 0 Å². The standard InChI is InChI=1S/C11H16O2/c12-9-4-2-6-11(13)10-5-1-3-8(10)7-9/h8,10H,1-7H2. The van der Waals surface area contributed by atoms with Crippen molar-refractivity contribution in [3.8, 4) is 0 Å². The molecule has 0 amide bonds. The first-order valence-corrected chi connectivity index (χ1v) is 5.32. The van der Waals surface area contributed by atoms with Gasteiger partial charge in [-0.2, -0.15) is 0 Å². The van der Waals surface area contributed by atoms with Gasteiger partial charge in [0.1, 0.15) is 11.6 Å². The van der Waals surface area contributed by atoms with Crippen molar-refractivity contribution in [1.82, 2.24) is 0 Å². The first kappa shape index (κ1) is 8.92. The van der Waals surface area contributed by atoms with Crippen LogP contribution >= 0.6 is 0 Å². The van der Waals surface area contributed by atoms with E-state index >= 15 is 0 Å². The van der Waals surface area contributed by atoms with Gasteiger partial charge in [-0.25, -0.2) is 0 Å². The fourth-order valence-corrected chi connectivity index (χ4v) is 2.74. The van der Waals surface area contributed by atoms with Gasteiger partial charge in [0.25, 0.3) is 0 Å². The smallest absolute Gasteiger partial charge is 0.136 e. The summed E-state index contributed by atoms with van der Waals surface area (Å²) in [5, 5.41) is 0. The Morgan fingerprint density at radius 2 is 1.85 bits per heavy atom. The zero-order valence-electron chi connectivity index (χ0n) is 7.92. The minimum atomic E-state index is 0.240. The molecule has 0 aromatic carbocycles. The fraction of sp³-hybridized carbons (Fsp3) is 0.818. The van der Waals surface area contributed by atoms with Crippen molar-refractivity contribution < 1.29 is 9.59 Å². The van der Waals surface area contributed by atoms with E-state index in [2.05, 4.69) is 0 Å². The topological polar surface area (TPSA) is 34.1 Å². The summed E-state index contributed by atoms with van der Waals surface area (Å²) in [5.74, 6) is 1.45. The largest absolute Gasteiger partial charge is 0.300 e. The predicted octanol–water partition coefficient (Wildman–Crippen LogP) is 2.11. The van der Waals surface area contributed by atoms with Crippen molar-refractivity contribution in [2.24, 2.45) is 11.8 Å². The van der Waals surface area contributed by atoms with Crippen molar-refractivity contribution in [2.75, 3.05) is 0 Å². The van der Waals surface area contributed by atoms with Gasteiger partial charge in [0.15, 0.2) is 0 Å². The molecule has 0 aromatic rings. The minimum Gasteiger partial charge on any atom is -0.300 e. The van der Waals surface area contributed by atoms with Gasteiger partial charge < -0.3 is 0 Å². The second-order valence-corrected chi connectivity index (χ2v) is 4.36. The Balaban J connectivity index is 2.09. The number of carbonyl (C=O) groups is 2. The van der Waals surface area contributed by atoms with Crippen molar-refractivity contribution in [3.63, 3.8) is 0 Å². The van der Waals surface area contributed by atoms with E-state index in [0.29, 0.717) is 36.7 Å². The van der Waals surface area contributed by atoms with Gasteiger partial charge in [-0.05, 0) is 25.2 Å². The van der Waals surface area contributed by atoms with E-state index in [1.807, 2.05) is 0 Å². The van der Waals surface area contributed by atoms with Crippen LogP contribution in [0.5, 0.6) is 0 Å². The molecule has 0 aliphatic heterocycles. The van der Waals surface area contributed by atoms with Gasteiger partial charge in [0.05, 0.1) is 0 Å². The molecule has 2 fully saturated rings. The maximum Gasteiger partial charge on any atom is 0.136 e. The number of ketones is 2. The van der Waals surface area contributed by atoms with E-state index in [0.717, 1.165) is 25.7 Å². The second kappa shape index (κ2) is 3.60. The fourth-order valence-electron chi connectivity index (χ4n) is 2.74. The van der Waals surface area contributed by atoms with Crippen LogP contribution < -0.4 is 0 Å². The van der Waals surface area contributed by atoms with Gasteiger partial charge in [0, 0.05) is 25.2 Å². The zero-order chi connectivity index (χ0) is 9.26. The zero-order valence-corrected chi connectivity index (χ0v) is 7.92. The van der Waals surface area contributed by atoms with Crippen LogP contribution in [0.4, 0.5) is 0 Å². The van der Waals surface area contributed by atoms with Crippen LogP contribution in [0, 0.1) is 11.8 Å². The second-order valence-electron chi connectivity index (χ2n) is 4.36. The molecule has 2 aliphatic rings. The molecule has 2 rings (SSSR count). The Labute approximate surface area is 78.7 Å². The molecule has 0 N–H and O–H groups in total. The number of rotatable bonds is 0. The van der Waals surface area contributed by atoms with Crippen molar-refractivity contribution in [2.45, 2.75) is 44.9 Å². The monoisotopic (exact) mass is 180 g/mol. The van der Waals surface area contributed by atoms with Gasteiger partial charge in [-0.15, -0.1) is 0 Å². The lowest BCUT2D eigenvalue weighted by molar-refractivity contribution is -0.127. The molecule has 2 unspecified atom stereocenters. The van der Waals surface area contributed by atoms with E-state index in [4.69, 9.17) is 0 Å². The number of fused-ring (bicyclic) bond motifs is 1. The van der Waals surface area contributed by atoms with Crippen LogP contribution in [0.15, 0.2) is 0 Å².